The Kier molecular flexibility index (Phi) is 11.6. The fourth-order valence-corrected chi connectivity index (χ4v) is 6.97. The molecule has 0 fully saturated rings. The zero-order valence-corrected chi connectivity index (χ0v) is 32.1. The average Bonchev–Trinajstić information content (AvgIpc) is 3.05. The van der Waals surface area contributed by atoms with Crippen molar-refractivity contribution < 1.29 is 5.11 Å². The molecule has 0 heterocycles. The first-order valence-corrected chi connectivity index (χ1v) is 18.6. The van der Waals surface area contributed by atoms with Crippen LogP contribution in [0.25, 0.3) is 0 Å². The first-order chi connectivity index (χ1) is 23.7. The highest BCUT2D eigenvalue weighted by atomic mass is 16.3. The first-order valence-electron chi connectivity index (χ1n) is 18.6. The van der Waals surface area contributed by atoms with Crippen LogP contribution in [0, 0.1) is 5.92 Å². The van der Waals surface area contributed by atoms with Gasteiger partial charge in [0.15, 0.2) is 0 Å². The second-order valence-corrected chi connectivity index (χ2v) is 17.0. The molecule has 0 aromatic heterocycles. The van der Waals surface area contributed by atoms with Gasteiger partial charge in [0.05, 0.1) is 0 Å². The van der Waals surface area contributed by atoms with E-state index in [-0.39, 0.29) is 10.8 Å². The minimum Gasteiger partial charge on any atom is -0.507 e. The molecule has 1 unspecified atom stereocenters. The summed E-state index contributed by atoms with van der Waals surface area (Å²) in [6.07, 6.45) is 3.90. The van der Waals surface area contributed by atoms with Crippen LogP contribution in [0.2, 0.25) is 0 Å². The molecule has 0 bridgehead atoms. The summed E-state index contributed by atoms with van der Waals surface area (Å²) in [6, 6.07) is 42.7. The molecule has 0 saturated carbocycles. The van der Waals surface area contributed by atoms with Gasteiger partial charge in [-0.15, -0.1) is 0 Å². The van der Waals surface area contributed by atoms with E-state index in [0.29, 0.717) is 24.3 Å². The molecule has 2 heteroatoms. The minimum atomic E-state index is -0.150. The van der Waals surface area contributed by atoms with Gasteiger partial charge < -0.3 is 10.0 Å². The predicted octanol–water partition coefficient (Wildman–Crippen LogP) is 12.2. The van der Waals surface area contributed by atoms with Crippen LogP contribution < -0.4 is 4.90 Å². The summed E-state index contributed by atoms with van der Waals surface area (Å²) < 4.78 is 0. The van der Waals surface area contributed by atoms with Crippen LogP contribution in [0.3, 0.4) is 0 Å². The molecule has 0 aliphatic heterocycles. The molecule has 0 aliphatic carbocycles. The van der Waals surface area contributed by atoms with Crippen LogP contribution >= 0.6 is 0 Å². The van der Waals surface area contributed by atoms with Gasteiger partial charge >= 0.3 is 0 Å². The van der Waals surface area contributed by atoms with E-state index in [2.05, 4.69) is 182 Å². The van der Waals surface area contributed by atoms with Crippen molar-refractivity contribution in [1.29, 1.82) is 0 Å². The summed E-state index contributed by atoms with van der Waals surface area (Å²) in [6.45, 7) is 20.9. The number of hydrogen-bond donors (Lipinski definition) is 1. The highest BCUT2D eigenvalue weighted by Crippen LogP contribution is 2.39. The lowest BCUT2D eigenvalue weighted by molar-refractivity contribution is 0.432. The van der Waals surface area contributed by atoms with Crippen molar-refractivity contribution in [2.24, 2.45) is 5.92 Å². The number of aromatic hydroxyl groups is 1. The van der Waals surface area contributed by atoms with Crippen molar-refractivity contribution in [1.82, 2.24) is 0 Å². The zero-order chi connectivity index (χ0) is 36.1. The molecule has 5 rings (SSSR count). The summed E-state index contributed by atoms with van der Waals surface area (Å²) in [5.74, 6) is 1.01. The largest absolute Gasteiger partial charge is 0.507 e. The Morgan fingerprint density at radius 3 is 1.36 bits per heavy atom. The highest BCUT2D eigenvalue weighted by molar-refractivity contribution is 5.54. The van der Waals surface area contributed by atoms with Crippen LogP contribution in [0.1, 0.15) is 119 Å². The molecule has 2 nitrogen and oxygen atoms in total. The molecule has 262 valence electrons. The maximum absolute atomic E-state index is 11.6. The highest BCUT2D eigenvalue weighted by Gasteiger charge is 2.27. The quantitative estimate of drug-likeness (QED) is 0.143. The molecule has 5 aromatic rings. The first kappa shape index (κ1) is 37.0. The van der Waals surface area contributed by atoms with E-state index in [1.165, 1.54) is 44.6 Å². The molecule has 0 amide bonds. The molecular formula is C48H59NO. The van der Waals surface area contributed by atoms with Crippen molar-refractivity contribution >= 4 is 5.69 Å². The Labute approximate surface area is 303 Å². The maximum atomic E-state index is 11.6. The molecule has 50 heavy (non-hydrogen) atoms. The van der Waals surface area contributed by atoms with Gasteiger partial charge in [-0.05, 0) is 112 Å². The number of nitrogens with zero attached hydrogens (tertiary/aromatic N) is 1. The van der Waals surface area contributed by atoms with Crippen molar-refractivity contribution in [3.8, 4) is 5.75 Å². The van der Waals surface area contributed by atoms with Gasteiger partial charge in [-0.3, -0.25) is 0 Å². The van der Waals surface area contributed by atoms with E-state index in [1.54, 1.807) is 0 Å². The SMILES string of the molecule is CC(C)CC(C)N(Cc1cc(C(C)(C)C)cc(C(C)(C)C)c1O)c1ccc(Cc2ccc(Cc3ccc(Cc4ccccc4)cc3)cc2)cc1. The van der Waals surface area contributed by atoms with Gasteiger partial charge in [0.25, 0.3) is 0 Å². The van der Waals surface area contributed by atoms with Crippen LogP contribution in [0.4, 0.5) is 5.69 Å². The van der Waals surface area contributed by atoms with E-state index in [1.807, 2.05) is 0 Å². The fraction of sp³-hybridized carbons (Fsp3) is 0.375. The third kappa shape index (κ3) is 9.90. The lowest BCUT2D eigenvalue weighted by Crippen LogP contribution is -2.34. The molecule has 0 aliphatic rings. The Hall–Kier alpha value is -4.30. The zero-order valence-electron chi connectivity index (χ0n) is 32.1. The van der Waals surface area contributed by atoms with Crippen molar-refractivity contribution in [2.75, 3.05) is 4.90 Å². The maximum Gasteiger partial charge on any atom is 0.124 e. The van der Waals surface area contributed by atoms with Gasteiger partial charge in [0, 0.05) is 23.8 Å². The minimum absolute atomic E-state index is 0.00899. The monoisotopic (exact) mass is 665 g/mol. The molecule has 0 spiro atoms. The van der Waals surface area contributed by atoms with Crippen molar-refractivity contribution in [3.05, 3.63) is 165 Å². The number of rotatable bonds is 12. The summed E-state index contributed by atoms with van der Waals surface area (Å²) >= 11 is 0. The molecule has 0 saturated heterocycles. The normalized spacial score (nSPS) is 12.7. The second kappa shape index (κ2) is 15.7. The summed E-state index contributed by atoms with van der Waals surface area (Å²) in [5.41, 5.74) is 12.3. The Bertz CT molecular complexity index is 1800. The number of anilines is 1. The van der Waals surface area contributed by atoms with Gasteiger partial charge in [0.1, 0.15) is 5.75 Å². The van der Waals surface area contributed by atoms with E-state index >= 15 is 0 Å². The molecule has 0 radical (unpaired) electrons. The lowest BCUT2D eigenvalue weighted by atomic mass is 9.79. The third-order valence-corrected chi connectivity index (χ3v) is 9.93. The van der Waals surface area contributed by atoms with Crippen LogP contribution in [-0.2, 0) is 36.6 Å². The Morgan fingerprint density at radius 2 is 0.960 bits per heavy atom. The lowest BCUT2D eigenvalue weighted by Gasteiger charge is -2.34. The number of benzene rings is 5. The third-order valence-electron chi connectivity index (χ3n) is 9.93. The average molecular weight is 666 g/mol. The molecular weight excluding hydrogens is 607 g/mol. The Morgan fingerprint density at radius 1 is 0.540 bits per heavy atom. The van der Waals surface area contributed by atoms with Gasteiger partial charge in [-0.1, -0.05) is 152 Å². The van der Waals surface area contributed by atoms with Crippen LogP contribution in [0.15, 0.2) is 115 Å². The number of hydrogen-bond acceptors (Lipinski definition) is 2. The van der Waals surface area contributed by atoms with Gasteiger partial charge in [-0.2, -0.15) is 0 Å². The summed E-state index contributed by atoms with van der Waals surface area (Å²) in [7, 11) is 0. The molecule has 1 atom stereocenters. The number of phenolic OH excluding ortho intramolecular Hbond substituents is 1. The Balaban J connectivity index is 1.29. The second-order valence-electron chi connectivity index (χ2n) is 17.0. The summed E-state index contributed by atoms with van der Waals surface area (Å²) in [4.78, 5) is 2.49. The van der Waals surface area contributed by atoms with Crippen molar-refractivity contribution in [3.63, 3.8) is 0 Å². The van der Waals surface area contributed by atoms with Gasteiger partial charge in [-0.25, -0.2) is 0 Å². The van der Waals surface area contributed by atoms with Crippen molar-refractivity contribution in [2.45, 2.75) is 111 Å². The fourth-order valence-electron chi connectivity index (χ4n) is 6.97. The van der Waals surface area contributed by atoms with Crippen LogP contribution in [0.5, 0.6) is 5.75 Å². The summed E-state index contributed by atoms with van der Waals surface area (Å²) in [5, 5.41) is 11.6. The van der Waals surface area contributed by atoms with E-state index in [9.17, 15) is 5.11 Å². The molecule has 1 N–H and O–H groups in total. The number of phenols is 1. The molecule has 5 aromatic carbocycles. The van der Waals surface area contributed by atoms with Crippen LogP contribution in [-0.4, -0.2) is 11.1 Å². The van der Waals surface area contributed by atoms with E-state index < -0.39 is 0 Å². The topological polar surface area (TPSA) is 23.5 Å². The van der Waals surface area contributed by atoms with E-state index in [4.69, 9.17) is 0 Å². The van der Waals surface area contributed by atoms with E-state index in [0.717, 1.165) is 36.8 Å². The standard InChI is InChI=1S/C48H59NO/c1-34(2)27-35(3)49(33-42-31-43(47(4,5)6)32-45(46(42)50)48(7,8)9)44-25-23-41(24-26-44)30-40-21-19-39(20-22-40)29-38-17-15-37(16-18-38)28-36-13-11-10-12-14-36/h10-26,31-32,34-35,50H,27-30,33H2,1-9H3. The van der Waals surface area contributed by atoms with Gasteiger partial charge in [0.2, 0.25) is 0 Å². The smallest absolute Gasteiger partial charge is 0.124 e. The predicted molar refractivity (Wildman–Crippen MR) is 215 cm³/mol.